The van der Waals surface area contributed by atoms with Gasteiger partial charge in [0.15, 0.2) is 6.04 Å². The number of hydrogen-bond donors (Lipinski definition) is 1. The summed E-state index contributed by atoms with van der Waals surface area (Å²) in [6.07, 6.45) is 0.234. The van der Waals surface area contributed by atoms with Crippen LogP contribution < -0.4 is 15.0 Å². The maximum Gasteiger partial charge on any atom is 0.292 e. The molecule has 0 aliphatic carbocycles. The summed E-state index contributed by atoms with van der Waals surface area (Å²) in [6, 6.07) is 16.5. The van der Waals surface area contributed by atoms with Crippen LogP contribution in [0.4, 0.5) is 5.69 Å². The number of methoxy groups -OCH3 is 1. The number of benzene rings is 2. The first-order chi connectivity index (χ1) is 11.2. The van der Waals surface area contributed by atoms with Crippen LogP contribution in [0.1, 0.15) is 12.0 Å². The van der Waals surface area contributed by atoms with Crippen LogP contribution in [0, 0.1) is 0 Å². The molecular weight excluding hydrogens is 292 g/mol. The SMILES string of the molecule is COc1ccc(N2C(=O)C[C@@H]([NH2+]Cc3ccccc3)C2=O)cc1. The minimum Gasteiger partial charge on any atom is -0.497 e. The van der Waals surface area contributed by atoms with E-state index in [4.69, 9.17) is 4.74 Å². The highest BCUT2D eigenvalue weighted by atomic mass is 16.5. The second kappa shape index (κ2) is 6.62. The van der Waals surface area contributed by atoms with Gasteiger partial charge < -0.3 is 10.1 Å². The number of ether oxygens (including phenoxy) is 1. The zero-order valence-corrected chi connectivity index (χ0v) is 12.9. The lowest BCUT2D eigenvalue weighted by Crippen LogP contribution is -2.90. The molecule has 0 aromatic heterocycles. The highest BCUT2D eigenvalue weighted by Gasteiger charge is 2.42. The molecule has 1 saturated heterocycles. The van der Waals surface area contributed by atoms with Crippen LogP contribution in [0.5, 0.6) is 5.75 Å². The van der Waals surface area contributed by atoms with Crippen LogP contribution in [0.25, 0.3) is 0 Å². The molecule has 23 heavy (non-hydrogen) atoms. The predicted molar refractivity (Wildman–Crippen MR) is 86.0 cm³/mol. The lowest BCUT2D eigenvalue weighted by atomic mass is 10.2. The zero-order chi connectivity index (χ0) is 16.2. The Hall–Kier alpha value is -2.66. The number of amides is 2. The minimum atomic E-state index is -0.357. The summed E-state index contributed by atoms with van der Waals surface area (Å²) in [5.41, 5.74) is 1.73. The Bertz CT molecular complexity index is 698. The van der Waals surface area contributed by atoms with Crippen molar-refractivity contribution in [1.82, 2.24) is 0 Å². The van der Waals surface area contributed by atoms with E-state index >= 15 is 0 Å². The maximum atomic E-state index is 12.5. The predicted octanol–water partition coefficient (Wildman–Crippen LogP) is 1.09. The van der Waals surface area contributed by atoms with Gasteiger partial charge in [0.05, 0.1) is 19.2 Å². The van der Waals surface area contributed by atoms with Gasteiger partial charge >= 0.3 is 0 Å². The van der Waals surface area contributed by atoms with Crippen molar-refractivity contribution in [3.63, 3.8) is 0 Å². The van der Waals surface area contributed by atoms with E-state index in [0.717, 1.165) is 5.56 Å². The minimum absolute atomic E-state index is 0.156. The summed E-state index contributed by atoms with van der Waals surface area (Å²) in [5, 5.41) is 1.93. The molecule has 1 aliphatic rings. The normalized spacial score (nSPS) is 17.6. The monoisotopic (exact) mass is 311 g/mol. The molecule has 1 atom stereocenters. The molecule has 2 amide bonds. The highest BCUT2D eigenvalue weighted by molar-refractivity contribution is 6.21. The van der Waals surface area contributed by atoms with Crippen molar-refractivity contribution in [3.05, 3.63) is 60.2 Å². The van der Waals surface area contributed by atoms with E-state index in [2.05, 4.69) is 0 Å². The molecule has 118 valence electrons. The van der Waals surface area contributed by atoms with Crippen molar-refractivity contribution >= 4 is 17.5 Å². The van der Waals surface area contributed by atoms with Crippen molar-refractivity contribution in [2.45, 2.75) is 19.0 Å². The quantitative estimate of drug-likeness (QED) is 0.841. The largest absolute Gasteiger partial charge is 0.497 e. The molecule has 0 spiro atoms. The van der Waals surface area contributed by atoms with E-state index in [9.17, 15) is 9.59 Å². The van der Waals surface area contributed by atoms with E-state index < -0.39 is 0 Å². The third-order valence-electron chi connectivity index (χ3n) is 3.99. The number of quaternary nitrogens is 1. The molecule has 2 aromatic rings. The van der Waals surface area contributed by atoms with Crippen molar-refractivity contribution in [2.75, 3.05) is 12.0 Å². The molecule has 0 bridgehead atoms. The Labute approximate surface area is 134 Å². The van der Waals surface area contributed by atoms with Gasteiger partial charge in [0.25, 0.3) is 5.91 Å². The van der Waals surface area contributed by atoms with Gasteiger partial charge in [-0.25, -0.2) is 4.90 Å². The number of imide groups is 1. The number of carbonyl (C=O) groups excluding carboxylic acids is 2. The molecule has 0 saturated carbocycles. The Morgan fingerprint density at radius 3 is 2.43 bits per heavy atom. The van der Waals surface area contributed by atoms with Crippen LogP contribution >= 0.6 is 0 Å². The van der Waals surface area contributed by atoms with E-state index in [1.54, 1.807) is 31.4 Å². The molecule has 1 aliphatic heterocycles. The van der Waals surface area contributed by atoms with Crippen molar-refractivity contribution in [1.29, 1.82) is 0 Å². The molecular formula is C18H19N2O3+. The molecule has 0 unspecified atom stereocenters. The van der Waals surface area contributed by atoms with Gasteiger partial charge in [0, 0.05) is 5.56 Å². The lowest BCUT2D eigenvalue weighted by molar-refractivity contribution is -0.690. The Morgan fingerprint density at radius 2 is 1.78 bits per heavy atom. The van der Waals surface area contributed by atoms with Crippen molar-refractivity contribution < 1.29 is 19.6 Å². The van der Waals surface area contributed by atoms with E-state index in [1.807, 2.05) is 35.6 Å². The molecule has 0 radical (unpaired) electrons. The lowest BCUT2D eigenvalue weighted by Gasteiger charge is -2.14. The van der Waals surface area contributed by atoms with Crippen LogP contribution in [0.15, 0.2) is 54.6 Å². The van der Waals surface area contributed by atoms with Gasteiger partial charge in [-0.3, -0.25) is 9.59 Å². The third kappa shape index (κ3) is 3.24. The van der Waals surface area contributed by atoms with Gasteiger partial charge in [-0.15, -0.1) is 0 Å². The average molecular weight is 311 g/mol. The molecule has 5 heteroatoms. The smallest absolute Gasteiger partial charge is 0.292 e. The van der Waals surface area contributed by atoms with E-state index in [-0.39, 0.29) is 24.3 Å². The second-order valence-corrected chi connectivity index (χ2v) is 5.50. The van der Waals surface area contributed by atoms with Gasteiger partial charge in [0.2, 0.25) is 5.91 Å². The van der Waals surface area contributed by atoms with Crippen LogP contribution in [0.2, 0.25) is 0 Å². The van der Waals surface area contributed by atoms with Crippen molar-refractivity contribution in [3.8, 4) is 5.75 Å². The number of anilines is 1. The first-order valence-corrected chi connectivity index (χ1v) is 7.57. The topological polar surface area (TPSA) is 63.2 Å². The van der Waals surface area contributed by atoms with Gasteiger partial charge in [-0.05, 0) is 24.3 Å². The molecule has 2 aromatic carbocycles. The molecule has 2 N–H and O–H groups in total. The fourth-order valence-electron chi connectivity index (χ4n) is 2.73. The summed E-state index contributed by atoms with van der Waals surface area (Å²) in [5.74, 6) is 0.380. The molecule has 1 fully saturated rings. The maximum absolute atomic E-state index is 12.5. The van der Waals surface area contributed by atoms with E-state index in [0.29, 0.717) is 18.0 Å². The van der Waals surface area contributed by atoms with Gasteiger partial charge in [-0.1, -0.05) is 30.3 Å². The summed E-state index contributed by atoms with van der Waals surface area (Å²) in [7, 11) is 1.58. The Balaban J connectivity index is 1.69. The van der Waals surface area contributed by atoms with E-state index in [1.165, 1.54) is 4.90 Å². The average Bonchev–Trinajstić information content (AvgIpc) is 2.88. The highest BCUT2D eigenvalue weighted by Crippen LogP contribution is 2.24. The number of nitrogens with two attached hydrogens (primary N) is 1. The summed E-state index contributed by atoms with van der Waals surface area (Å²) in [4.78, 5) is 26.0. The summed E-state index contributed by atoms with van der Waals surface area (Å²) < 4.78 is 5.10. The number of hydrogen-bond acceptors (Lipinski definition) is 3. The molecule has 5 nitrogen and oxygen atoms in total. The molecule has 3 rings (SSSR count). The summed E-state index contributed by atoms with van der Waals surface area (Å²) in [6.45, 7) is 0.682. The van der Waals surface area contributed by atoms with Gasteiger partial charge in [0.1, 0.15) is 12.3 Å². The first kappa shape index (κ1) is 15.2. The fourth-order valence-corrected chi connectivity index (χ4v) is 2.73. The van der Waals surface area contributed by atoms with Crippen LogP contribution in [-0.4, -0.2) is 25.0 Å². The van der Waals surface area contributed by atoms with Crippen LogP contribution in [0.3, 0.4) is 0 Å². The first-order valence-electron chi connectivity index (χ1n) is 7.57. The van der Waals surface area contributed by atoms with Crippen LogP contribution in [-0.2, 0) is 16.1 Å². The Kier molecular flexibility index (Phi) is 4.39. The van der Waals surface area contributed by atoms with Crippen molar-refractivity contribution in [2.24, 2.45) is 0 Å². The Morgan fingerprint density at radius 1 is 1.09 bits per heavy atom. The summed E-state index contributed by atoms with van der Waals surface area (Å²) >= 11 is 0. The number of rotatable bonds is 5. The fraction of sp³-hybridized carbons (Fsp3) is 0.222. The second-order valence-electron chi connectivity index (χ2n) is 5.50. The molecule has 1 heterocycles. The van der Waals surface area contributed by atoms with Gasteiger partial charge in [-0.2, -0.15) is 0 Å². The number of carbonyl (C=O) groups is 2. The standard InChI is InChI=1S/C18H18N2O3/c1-23-15-9-7-14(8-10-15)20-17(21)11-16(18(20)22)19-12-13-5-3-2-4-6-13/h2-10,16,19H,11-12H2,1H3/p+1/t16-/m1/s1. The zero-order valence-electron chi connectivity index (χ0n) is 12.9. The third-order valence-corrected chi connectivity index (χ3v) is 3.99. The number of nitrogens with zero attached hydrogens (tertiary/aromatic N) is 1.